The number of carbonyl (C=O) groups is 10. The Balaban J connectivity index is 6.56. The number of imide groups is 2. The normalized spacial score (nSPS) is 14.1. The number of esters is 1. The van der Waals surface area contributed by atoms with Crippen molar-refractivity contribution in [3.8, 4) is 0 Å². The molecule has 0 saturated heterocycles. The molecule has 0 aromatic carbocycles. The van der Waals surface area contributed by atoms with E-state index in [2.05, 4.69) is 21.3 Å². The zero-order chi connectivity index (χ0) is 53.8. The number of likely N-dealkylation sites (N-methyl/N-ethyl adjacent to an activating group) is 5. The molecule has 69 heavy (non-hydrogen) atoms. The minimum absolute atomic E-state index is 0.0434. The van der Waals surface area contributed by atoms with E-state index < -0.39 is 94.4 Å². The summed E-state index contributed by atoms with van der Waals surface area (Å²) in [7, 11) is 9.84. The summed E-state index contributed by atoms with van der Waals surface area (Å²) in [5.41, 5.74) is 0. The Labute approximate surface area is 416 Å². The van der Waals surface area contributed by atoms with Crippen molar-refractivity contribution < 1.29 is 52.7 Å². The minimum atomic E-state index is -1.22. The van der Waals surface area contributed by atoms with E-state index in [4.69, 9.17) is 4.74 Å². The first-order valence-electron chi connectivity index (χ1n) is 24.0. The number of hydrogen-bond acceptors (Lipinski definition) is 12. The van der Waals surface area contributed by atoms with Crippen molar-refractivity contribution in [2.75, 3.05) is 55.1 Å². The van der Waals surface area contributed by atoms with E-state index in [0.717, 1.165) is 9.80 Å². The Morgan fingerprint density at radius 3 is 1.54 bits per heavy atom. The second-order valence-electron chi connectivity index (χ2n) is 20.1. The largest absolute Gasteiger partial charge is 0.469 e. The molecule has 11 amide bonds. The lowest BCUT2D eigenvalue weighted by Crippen LogP contribution is -2.61. The van der Waals surface area contributed by atoms with E-state index in [9.17, 15) is 47.9 Å². The molecule has 0 heterocycles. The lowest BCUT2D eigenvalue weighted by atomic mass is 9.97. The number of nitrogens with zero attached hydrogens (tertiary/aromatic N) is 5. The fraction of sp³-hybridized carbons (Fsp3) is 0.792. The van der Waals surface area contributed by atoms with Gasteiger partial charge in [0.1, 0.15) is 36.3 Å². The maximum absolute atomic E-state index is 14.5. The molecule has 0 fully saturated rings. The van der Waals surface area contributed by atoms with Gasteiger partial charge < -0.3 is 40.3 Å². The van der Waals surface area contributed by atoms with Gasteiger partial charge >= 0.3 is 18.0 Å². The fourth-order valence-electron chi connectivity index (χ4n) is 7.41. The zero-order valence-corrected chi connectivity index (χ0v) is 45.9. The topological polar surface area (TPSA) is 244 Å². The van der Waals surface area contributed by atoms with Crippen LogP contribution in [0.2, 0.25) is 0 Å². The van der Waals surface area contributed by atoms with Gasteiger partial charge in [-0.15, -0.1) is 0 Å². The summed E-state index contributed by atoms with van der Waals surface area (Å²) in [6, 6.07) is -8.35. The quantitative estimate of drug-likeness (QED) is 0.0859. The van der Waals surface area contributed by atoms with Crippen molar-refractivity contribution >= 4 is 71.1 Å². The van der Waals surface area contributed by atoms with Crippen LogP contribution in [-0.2, 0) is 43.1 Å². The number of urea groups is 2. The lowest BCUT2D eigenvalue weighted by Gasteiger charge is -2.37. The Morgan fingerprint density at radius 1 is 0.594 bits per heavy atom. The van der Waals surface area contributed by atoms with Crippen LogP contribution in [0, 0.1) is 23.7 Å². The van der Waals surface area contributed by atoms with Gasteiger partial charge in [-0.3, -0.25) is 48.6 Å². The molecule has 0 bridgehead atoms. The number of nitrogens with one attached hydrogen (secondary N) is 4. The number of hydrogen-bond donors (Lipinski definition) is 4. The predicted octanol–water partition coefficient (Wildman–Crippen LogP) is 3.85. The smallest absolute Gasteiger partial charge is 0.323 e. The molecule has 20 nitrogen and oxygen atoms in total. The highest BCUT2D eigenvalue weighted by Crippen LogP contribution is 2.32. The third kappa shape index (κ3) is 20.9. The number of methoxy groups -OCH3 is 1. The Bertz CT molecular complexity index is 1780. The van der Waals surface area contributed by atoms with Crippen LogP contribution < -0.4 is 21.3 Å². The van der Waals surface area contributed by atoms with E-state index in [0.29, 0.717) is 12.8 Å². The summed E-state index contributed by atoms with van der Waals surface area (Å²) in [5, 5.41) is 9.94. The number of carbonyl (C=O) groups excluding carboxylic acids is 10. The second kappa shape index (κ2) is 29.9. The minimum Gasteiger partial charge on any atom is -0.469 e. The standard InChI is InChI=1S/C48H87N9O11S/c1-20-21-37(58)53(14)36(27-69-48(11,12)23-22-38(59)68-19)44(64)54(15)33(24-28(2)3)40(60)51-39(31(8)9)45(65)55(16)34(25-29(4)5)41(61)52-46(66)50-32(10)42(62)56(17)35(26-30(6)7)43(63)57(18)47(67)49-13/h28-36,39H,20-27H2,1-19H3,(H,49,67)(H,51,60)(H2,50,52,61,66)/t32-,33-,34-,35-,36+,39-/m0/s1. The van der Waals surface area contributed by atoms with Gasteiger partial charge in [-0.1, -0.05) is 76.2 Å². The second-order valence-corrected chi connectivity index (χ2v) is 21.8. The van der Waals surface area contributed by atoms with Gasteiger partial charge in [0, 0.05) is 65.6 Å². The van der Waals surface area contributed by atoms with Crippen molar-refractivity contribution in [2.45, 2.75) is 169 Å². The molecule has 0 saturated carbocycles. The van der Waals surface area contributed by atoms with E-state index in [-0.39, 0.29) is 67.5 Å². The lowest BCUT2D eigenvalue weighted by molar-refractivity contribution is -0.148. The molecule has 4 N–H and O–H groups in total. The van der Waals surface area contributed by atoms with Crippen LogP contribution in [0.5, 0.6) is 0 Å². The van der Waals surface area contributed by atoms with Crippen LogP contribution in [0.15, 0.2) is 0 Å². The summed E-state index contributed by atoms with van der Waals surface area (Å²) >= 11 is 1.43. The fourth-order valence-corrected chi connectivity index (χ4v) is 8.63. The van der Waals surface area contributed by atoms with Crippen LogP contribution in [0.1, 0.15) is 128 Å². The Kier molecular flexibility index (Phi) is 27.8. The van der Waals surface area contributed by atoms with Gasteiger partial charge in [-0.05, 0) is 62.7 Å². The molecule has 0 aromatic rings. The van der Waals surface area contributed by atoms with Crippen LogP contribution in [0.4, 0.5) is 9.59 Å². The first-order valence-corrected chi connectivity index (χ1v) is 25.0. The van der Waals surface area contributed by atoms with E-state index in [1.54, 1.807) is 20.9 Å². The third-order valence-electron chi connectivity index (χ3n) is 11.9. The SMILES string of the molecule is CCCC(=O)N(C)[C@H](CSC(C)(C)CCC(=O)OC)C(=O)N(C)[C@@H](CC(C)C)C(=O)N[C@H](C(=O)N(C)[C@@H](CC(C)C)C(=O)NC(=O)N[C@@H](C)C(=O)N(C)[C@@H](CC(C)C)C(=O)N(C)C(=O)NC)C(C)C. The summed E-state index contributed by atoms with van der Waals surface area (Å²) in [6.07, 6.45) is 1.96. The van der Waals surface area contributed by atoms with E-state index in [1.807, 2.05) is 62.3 Å². The van der Waals surface area contributed by atoms with Crippen LogP contribution >= 0.6 is 11.8 Å². The van der Waals surface area contributed by atoms with Crippen LogP contribution in [0.3, 0.4) is 0 Å². The molecule has 396 valence electrons. The van der Waals surface area contributed by atoms with Crippen LogP contribution in [0.25, 0.3) is 0 Å². The Morgan fingerprint density at radius 2 is 1.07 bits per heavy atom. The van der Waals surface area contributed by atoms with Crippen molar-refractivity contribution in [1.82, 2.24) is 45.8 Å². The highest BCUT2D eigenvalue weighted by Gasteiger charge is 2.40. The van der Waals surface area contributed by atoms with E-state index in [1.165, 1.54) is 75.7 Å². The molecule has 0 aliphatic heterocycles. The third-order valence-corrected chi connectivity index (χ3v) is 13.3. The average Bonchev–Trinajstić information content (AvgIpc) is 3.27. The Hall–Kier alpha value is -4.95. The molecule has 0 aromatic heterocycles. The van der Waals surface area contributed by atoms with Crippen molar-refractivity contribution in [1.29, 1.82) is 0 Å². The van der Waals surface area contributed by atoms with Crippen molar-refractivity contribution in [2.24, 2.45) is 23.7 Å². The highest BCUT2D eigenvalue weighted by atomic mass is 32.2. The molecule has 0 radical (unpaired) electrons. The average molecular weight is 998 g/mol. The molecular formula is C48H87N9O11S. The first-order chi connectivity index (χ1) is 31.8. The molecule has 6 atom stereocenters. The molecule has 0 aliphatic rings. The zero-order valence-electron chi connectivity index (χ0n) is 45.1. The maximum Gasteiger partial charge on any atom is 0.323 e. The van der Waals surface area contributed by atoms with Gasteiger partial charge in [0.2, 0.25) is 29.5 Å². The van der Waals surface area contributed by atoms with Gasteiger partial charge in [-0.25, -0.2) is 9.59 Å². The molecule has 0 aliphatic carbocycles. The van der Waals surface area contributed by atoms with Crippen molar-refractivity contribution in [3.05, 3.63) is 0 Å². The summed E-state index contributed by atoms with van der Waals surface area (Å²) in [6.45, 7) is 21.7. The number of thioether (sulfide) groups is 1. The molecule has 0 rings (SSSR count). The summed E-state index contributed by atoms with van der Waals surface area (Å²) in [4.78, 5) is 141. The number of rotatable bonds is 27. The first kappa shape index (κ1) is 64.0. The van der Waals surface area contributed by atoms with Crippen molar-refractivity contribution in [3.63, 3.8) is 0 Å². The van der Waals surface area contributed by atoms with Gasteiger partial charge in [0.25, 0.3) is 11.8 Å². The molecule has 0 spiro atoms. The van der Waals surface area contributed by atoms with Gasteiger partial charge in [0.05, 0.1) is 7.11 Å². The monoisotopic (exact) mass is 998 g/mol. The summed E-state index contributed by atoms with van der Waals surface area (Å²) in [5.74, 6) is -5.04. The maximum atomic E-state index is 14.5. The van der Waals surface area contributed by atoms with E-state index >= 15 is 0 Å². The summed E-state index contributed by atoms with van der Waals surface area (Å²) < 4.78 is 4.34. The van der Waals surface area contributed by atoms with Gasteiger partial charge in [-0.2, -0.15) is 11.8 Å². The van der Waals surface area contributed by atoms with Crippen LogP contribution in [-0.4, -0.2) is 180 Å². The highest BCUT2D eigenvalue weighted by molar-refractivity contribution is 8.00. The molecular weight excluding hydrogens is 911 g/mol. The predicted molar refractivity (Wildman–Crippen MR) is 267 cm³/mol. The van der Waals surface area contributed by atoms with Gasteiger partial charge in [0.15, 0.2) is 0 Å². The number of ether oxygens (including phenoxy) is 1. The number of amides is 11. The molecule has 21 heteroatoms. The molecule has 0 unspecified atom stereocenters.